The van der Waals surface area contributed by atoms with E-state index in [1.165, 1.54) is 0 Å². The molecule has 0 radical (unpaired) electrons. The summed E-state index contributed by atoms with van der Waals surface area (Å²) in [5, 5.41) is 0. The standard InChI is InChI=1S/C16H19N3O2/c1-4-13-18-12(17)8-14(19-13)20-11-7-5-6-10-9-16(2,3)21-15(10)11/h5-8H,4,9H2,1-3H3,(H2,17,18,19). The van der Waals surface area contributed by atoms with Gasteiger partial charge in [0.1, 0.15) is 17.2 Å². The summed E-state index contributed by atoms with van der Waals surface area (Å²) in [7, 11) is 0. The van der Waals surface area contributed by atoms with Crippen LogP contribution in [0.1, 0.15) is 32.2 Å². The molecule has 1 aliphatic rings. The Morgan fingerprint density at radius 2 is 2.14 bits per heavy atom. The zero-order valence-electron chi connectivity index (χ0n) is 12.5. The largest absolute Gasteiger partial charge is 0.483 e. The molecular weight excluding hydrogens is 266 g/mol. The Bertz CT molecular complexity index is 683. The first kappa shape index (κ1) is 13.7. The maximum atomic E-state index is 5.98. The van der Waals surface area contributed by atoms with Crippen LogP contribution in [0.3, 0.4) is 0 Å². The molecule has 3 rings (SSSR count). The molecule has 0 aliphatic carbocycles. The average molecular weight is 285 g/mol. The first-order valence-corrected chi connectivity index (χ1v) is 7.09. The van der Waals surface area contributed by atoms with Crippen LogP contribution in [-0.2, 0) is 12.8 Å². The fourth-order valence-corrected chi connectivity index (χ4v) is 2.48. The van der Waals surface area contributed by atoms with Crippen LogP contribution in [0.2, 0.25) is 0 Å². The minimum Gasteiger partial charge on any atom is -0.483 e. The summed E-state index contributed by atoms with van der Waals surface area (Å²) in [6.07, 6.45) is 1.57. The van der Waals surface area contributed by atoms with Gasteiger partial charge >= 0.3 is 0 Å². The van der Waals surface area contributed by atoms with E-state index in [4.69, 9.17) is 15.2 Å². The van der Waals surface area contributed by atoms with Gasteiger partial charge in [-0.25, -0.2) is 4.98 Å². The third-order valence-corrected chi connectivity index (χ3v) is 3.35. The first-order valence-electron chi connectivity index (χ1n) is 7.09. The molecule has 0 saturated heterocycles. The molecule has 0 spiro atoms. The fraction of sp³-hybridized carbons (Fsp3) is 0.375. The van der Waals surface area contributed by atoms with Crippen LogP contribution in [-0.4, -0.2) is 15.6 Å². The number of nitrogens with zero attached hydrogens (tertiary/aromatic N) is 2. The molecule has 0 atom stereocenters. The van der Waals surface area contributed by atoms with E-state index >= 15 is 0 Å². The van der Waals surface area contributed by atoms with Crippen molar-refractivity contribution < 1.29 is 9.47 Å². The van der Waals surface area contributed by atoms with E-state index in [9.17, 15) is 0 Å². The average Bonchev–Trinajstić information content (AvgIpc) is 2.73. The third kappa shape index (κ3) is 2.77. The lowest BCUT2D eigenvalue weighted by Crippen LogP contribution is -2.24. The van der Waals surface area contributed by atoms with Crippen molar-refractivity contribution in [3.8, 4) is 17.4 Å². The van der Waals surface area contributed by atoms with Crippen LogP contribution in [0.4, 0.5) is 5.82 Å². The highest BCUT2D eigenvalue weighted by molar-refractivity contribution is 5.51. The molecule has 0 unspecified atom stereocenters. The summed E-state index contributed by atoms with van der Waals surface area (Å²) < 4.78 is 11.9. The number of aryl methyl sites for hydroxylation is 1. The Labute approximate surface area is 124 Å². The topological polar surface area (TPSA) is 70.3 Å². The number of ether oxygens (including phenoxy) is 2. The molecule has 2 N–H and O–H groups in total. The molecule has 2 heterocycles. The number of para-hydroxylation sites is 1. The van der Waals surface area contributed by atoms with E-state index in [1.54, 1.807) is 6.07 Å². The summed E-state index contributed by atoms with van der Waals surface area (Å²) in [4.78, 5) is 8.49. The second kappa shape index (κ2) is 4.91. The molecule has 0 amide bonds. The fourth-order valence-electron chi connectivity index (χ4n) is 2.48. The Hall–Kier alpha value is -2.30. The van der Waals surface area contributed by atoms with Gasteiger partial charge in [-0.2, -0.15) is 4.98 Å². The predicted octanol–water partition coefficient (Wildman–Crippen LogP) is 3.13. The Morgan fingerprint density at radius 1 is 1.33 bits per heavy atom. The first-order chi connectivity index (χ1) is 9.97. The highest BCUT2D eigenvalue weighted by Crippen LogP contribution is 2.43. The zero-order valence-corrected chi connectivity index (χ0v) is 12.5. The summed E-state index contributed by atoms with van der Waals surface area (Å²) in [5.41, 5.74) is 6.72. The Morgan fingerprint density at radius 3 is 2.90 bits per heavy atom. The van der Waals surface area contributed by atoms with Gasteiger partial charge in [0, 0.05) is 24.5 Å². The molecule has 1 aromatic carbocycles. The van der Waals surface area contributed by atoms with Crippen LogP contribution in [0.15, 0.2) is 24.3 Å². The van der Waals surface area contributed by atoms with Crippen molar-refractivity contribution in [2.75, 3.05) is 5.73 Å². The van der Waals surface area contributed by atoms with Crippen LogP contribution >= 0.6 is 0 Å². The number of hydrogen-bond acceptors (Lipinski definition) is 5. The van der Waals surface area contributed by atoms with Gasteiger partial charge in [0.2, 0.25) is 5.88 Å². The number of fused-ring (bicyclic) bond motifs is 1. The van der Waals surface area contributed by atoms with Crippen LogP contribution in [0.5, 0.6) is 17.4 Å². The Kier molecular flexibility index (Phi) is 3.20. The lowest BCUT2D eigenvalue weighted by Gasteiger charge is -2.18. The van der Waals surface area contributed by atoms with Gasteiger partial charge in [-0.15, -0.1) is 0 Å². The molecule has 5 heteroatoms. The maximum absolute atomic E-state index is 5.98. The van der Waals surface area contributed by atoms with Crippen molar-refractivity contribution in [3.63, 3.8) is 0 Å². The predicted molar refractivity (Wildman–Crippen MR) is 80.7 cm³/mol. The number of nitrogen functional groups attached to an aromatic ring is 1. The maximum Gasteiger partial charge on any atom is 0.224 e. The molecule has 110 valence electrons. The molecule has 2 aromatic rings. The molecule has 0 fully saturated rings. The Balaban J connectivity index is 1.94. The molecular formula is C16H19N3O2. The second-order valence-electron chi connectivity index (χ2n) is 5.79. The summed E-state index contributed by atoms with van der Waals surface area (Å²) >= 11 is 0. The lowest BCUT2D eigenvalue weighted by atomic mass is 10.0. The molecule has 0 saturated carbocycles. The van der Waals surface area contributed by atoms with E-state index in [1.807, 2.05) is 19.1 Å². The van der Waals surface area contributed by atoms with E-state index in [-0.39, 0.29) is 5.60 Å². The highest BCUT2D eigenvalue weighted by atomic mass is 16.5. The van der Waals surface area contributed by atoms with Gasteiger partial charge in [-0.3, -0.25) is 0 Å². The van der Waals surface area contributed by atoms with Crippen LogP contribution in [0, 0.1) is 0 Å². The van der Waals surface area contributed by atoms with Gasteiger partial charge in [0.05, 0.1) is 0 Å². The number of nitrogens with two attached hydrogens (primary N) is 1. The van der Waals surface area contributed by atoms with Crippen molar-refractivity contribution >= 4 is 5.82 Å². The summed E-state index contributed by atoms with van der Waals surface area (Å²) in [5.74, 6) is 2.97. The molecule has 1 aromatic heterocycles. The normalized spacial score (nSPS) is 15.4. The molecule has 1 aliphatic heterocycles. The number of aromatic nitrogens is 2. The van der Waals surface area contributed by atoms with Crippen molar-refractivity contribution in [3.05, 3.63) is 35.7 Å². The van der Waals surface area contributed by atoms with Gasteiger partial charge < -0.3 is 15.2 Å². The number of anilines is 1. The van der Waals surface area contributed by atoms with Crippen molar-refractivity contribution in [1.29, 1.82) is 0 Å². The van der Waals surface area contributed by atoms with Crippen molar-refractivity contribution in [2.45, 2.75) is 39.2 Å². The monoisotopic (exact) mass is 285 g/mol. The number of rotatable bonds is 3. The minimum absolute atomic E-state index is 0.207. The smallest absolute Gasteiger partial charge is 0.224 e. The second-order valence-corrected chi connectivity index (χ2v) is 5.79. The molecule has 21 heavy (non-hydrogen) atoms. The summed E-state index contributed by atoms with van der Waals surface area (Å²) in [6.45, 7) is 6.10. The van der Waals surface area contributed by atoms with E-state index in [0.717, 1.165) is 17.7 Å². The van der Waals surface area contributed by atoms with Crippen molar-refractivity contribution in [1.82, 2.24) is 9.97 Å². The molecule has 5 nitrogen and oxygen atoms in total. The SMILES string of the molecule is CCc1nc(N)cc(Oc2cccc3c2OC(C)(C)C3)n1. The zero-order chi connectivity index (χ0) is 15.0. The number of benzene rings is 1. The van der Waals surface area contributed by atoms with E-state index in [0.29, 0.717) is 29.7 Å². The number of hydrogen-bond donors (Lipinski definition) is 1. The quantitative estimate of drug-likeness (QED) is 0.938. The van der Waals surface area contributed by atoms with E-state index in [2.05, 4.69) is 29.9 Å². The van der Waals surface area contributed by atoms with Crippen LogP contribution < -0.4 is 15.2 Å². The van der Waals surface area contributed by atoms with Gasteiger partial charge in [0.25, 0.3) is 0 Å². The third-order valence-electron chi connectivity index (χ3n) is 3.35. The summed E-state index contributed by atoms with van der Waals surface area (Å²) in [6, 6.07) is 7.52. The highest BCUT2D eigenvalue weighted by Gasteiger charge is 2.32. The van der Waals surface area contributed by atoms with Gasteiger partial charge in [0.15, 0.2) is 11.5 Å². The molecule has 0 bridgehead atoms. The van der Waals surface area contributed by atoms with E-state index < -0.39 is 0 Å². The van der Waals surface area contributed by atoms with Gasteiger partial charge in [-0.1, -0.05) is 19.1 Å². The minimum atomic E-state index is -0.207. The van der Waals surface area contributed by atoms with Crippen LogP contribution in [0.25, 0.3) is 0 Å². The van der Waals surface area contributed by atoms with Gasteiger partial charge in [-0.05, 0) is 19.9 Å². The lowest BCUT2D eigenvalue weighted by molar-refractivity contribution is 0.135. The van der Waals surface area contributed by atoms with Crippen molar-refractivity contribution in [2.24, 2.45) is 0 Å².